The molecule has 0 bridgehead atoms. The monoisotopic (exact) mass is 285 g/mol. The van der Waals surface area contributed by atoms with Crippen LogP contribution in [0.25, 0.3) is 0 Å². The highest BCUT2D eigenvalue weighted by Gasteiger charge is 2.05. The van der Waals surface area contributed by atoms with E-state index in [1.807, 2.05) is 37.3 Å². The molecular weight excluding hydrogens is 266 g/mol. The summed E-state index contributed by atoms with van der Waals surface area (Å²) >= 11 is 0. The van der Waals surface area contributed by atoms with Crippen molar-refractivity contribution in [1.82, 2.24) is 0 Å². The summed E-state index contributed by atoms with van der Waals surface area (Å²) < 4.78 is 10.0. The van der Waals surface area contributed by atoms with Crippen LogP contribution in [0.2, 0.25) is 0 Å². The summed E-state index contributed by atoms with van der Waals surface area (Å²) in [6.45, 7) is 2.68. The molecule has 0 radical (unpaired) electrons. The van der Waals surface area contributed by atoms with Gasteiger partial charge < -0.3 is 14.8 Å². The van der Waals surface area contributed by atoms with E-state index in [0.717, 1.165) is 22.6 Å². The van der Waals surface area contributed by atoms with Gasteiger partial charge in [-0.05, 0) is 42.3 Å². The number of anilines is 1. The lowest BCUT2D eigenvalue weighted by Gasteiger charge is -2.12. The summed E-state index contributed by atoms with van der Waals surface area (Å²) in [6, 6.07) is 13.3. The standard InChI is InChI=1S/C17H19NO3/c1-12-4-9-15(16(10-12)20-2)18-11-13-5-7-14(8-6-13)17(19)21-3/h4-10,18H,11H2,1-3H3. The van der Waals surface area contributed by atoms with E-state index in [1.54, 1.807) is 19.2 Å². The Morgan fingerprint density at radius 3 is 2.43 bits per heavy atom. The van der Waals surface area contributed by atoms with Gasteiger partial charge >= 0.3 is 5.97 Å². The Labute approximate surface area is 124 Å². The summed E-state index contributed by atoms with van der Waals surface area (Å²) in [5.74, 6) is 0.496. The van der Waals surface area contributed by atoms with Crippen molar-refractivity contribution >= 4 is 11.7 Å². The lowest BCUT2D eigenvalue weighted by Crippen LogP contribution is -2.04. The van der Waals surface area contributed by atoms with Crippen molar-refractivity contribution in [3.05, 3.63) is 59.2 Å². The molecule has 0 aliphatic heterocycles. The molecule has 0 saturated heterocycles. The number of hydrogen-bond acceptors (Lipinski definition) is 4. The minimum Gasteiger partial charge on any atom is -0.495 e. The molecule has 0 atom stereocenters. The topological polar surface area (TPSA) is 47.6 Å². The second-order valence-corrected chi connectivity index (χ2v) is 4.75. The molecule has 1 N–H and O–H groups in total. The van der Waals surface area contributed by atoms with Gasteiger partial charge in [0.15, 0.2) is 0 Å². The molecule has 0 heterocycles. The second kappa shape index (κ2) is 6.79. The van der Waals surface area contributed by atoms with E-state index < -0.39 is 0 Å². The third kappa shape index (κ3) is 3.75. The third-order valence-corrected chi connectivity index (χ3v) is 3.22. The molecule has 0 aliphatic rings. The molecule has 4 heteroatoms. The Morgan fingerprint density at radius 2 is 1.81 bits per heavy atom. The first-order valence-corrected chi connectivity index (χ1v) is 6.70. The quantitative estimate of drug-likeness (QED) is 0.855. The molecule has 0 aliphatic carbocycles. The van der Waals surface area contributed by atoms with Crippen molar-refractivity contribution in [2.24, 2.45) is 0 Å². The lowest BCUT2D eigenvalue weighted by molar-refractivity contribution is 0.0600. The molecule has 2 rings (SSSR count). The van der Waals surface area contributed by atoms with Crippen molar-refractivity contribution < 1.29 is 14.3 Å². The zero-order valence-corrected chi connectivity index (χ0v) is 12.5. The van der Waals surface area contributed by atoms with E-state index in [2.05, 4.69) is 10.1 Å². The third-order valence-electron chi connectivity index (χ3n) is 3.22. The molecule has 0 unspecified atom stereocenters. The van der Waals surface area contributed by atoms with Gasteiger partial charge in [-0.3, -0.25) is 0 Å². The van der Waals surface area contributed by atoms with Crippen LogP contribution >= 0.6 is 0 Å². The molecule has 0 aromatic heterocycles. The highest BCUT2D eigenvalue weighted by atomic mass is 16.5. The highest BCUT2D eigenvalue weighted by Crippen LogP contribution is 2.25. The molecule has 0 saturated carbocycles. The maximum absolute atomic E-state index is 11.4. The summed E-state index contributed by atoms with van der Waals surface area (Å²) in [7, 11) is 3.03. The minimum atomic E-state index is -0.324. The van der Waals surface area contributed by atoms with E-state index in [0.29, 0.717) is 12.1 Å². The maximum atomic E-state index is 11.4. The van der Waals surface area contributed by atoms with Crippen LogP contribution < -0.4 is 10.1 Å². The average Bonchev–Trinajstić information content (AvgIpc) is 2.53. The lowest BCUT2D eigenvalue weighted by atomic mass is 10.1. The molecule has 0 spiro atoms. The number of hydrogen-bond donors (Lipinski definition) is 1. The first kappa shape index (κ1) is 14.9. The van der Waals surface area contributed by atoms with Crippen LogP contribution in [0.4, 0.5) is 5.69 Å². The normalized spacial score (nSPS) is 10.0. The number of methoxy groups -OCH3 is 2. The zero-order chi connectivity index (χ0) is 15.2. The first-order valence-electron chi connectivity index (χ1n) is 6.70. The van der Waals surface area contributed by atoms with Crippen molar-refractivity contribution in [2.45, 2.75) is 13.5 Å². The fourth-order valence-corrected chi connectivity index (χ4v) is 2.02. The van der Waals surface area contributed by atoms with Gasteiger partial charge in [0.25, 0.3) is 0 Å². The van der Waals surface area contributed by atoms with Gasteiger partial charge in [0.2, 0.25) is 0 Å². The smallest absolute Gasteiger partial charge is 0.337 e. The van der Waals surface area contributed by atoms with Gasteiger partial charge in [0, 0.05) is 6.54 Å². The molecule has 0 fully saturated rings. The predicted molar refractivity (Wildman–Crippen MR) is 82.8 cm³/mol. The van der Waals surface area contributed by atoms with Crippen LogP contribution in [0.15, 0.2) is 42.5 Å². The van der Waals surface area contributed by atoms with Crippen molar-refractivity contribution in [3.63, 3.8) is 0 Å². The molecule has 2 aromatic carbocycles. The Kier molecular flexibility index (Phi) is 4.82. The summed E-state index contributed by atoms with van der Waals surface area (Å²) in [4.78, 5) is 11.4. The number of carbonyl (C=O) groups excluding carboxylic acids is 1. The first-order chi connectivity index (χ1) is 10.1. The zero-order valence-electron chi connectivity index (χ0n) is 12.5. The van der Waals surface area contributed by atoms with E-state index in [9.17, 15) is 4.79 Å². The van der Waals surface area contributed by atoms with Gasteiger partial charge in [0.05, 0.1) is 25.5 Å². The predicted octanol–water partition coefficient (Wildman–Crippen LogP) is 3.40. The number of benzene rings is 2. The molecular formula is C17H19NO3. The number of esters is 1. The summed E-state index contributed by atoms with van der Waals surface area (Å²) in [6.07, 6.45) is 0. The Morgan fingerprint density at radius 1 is 1.10 bits per heavy atom. The fourth-order valence-electron chi connectivity index (χ4n) is 2.02. The molecule has 21 heavy (non-hydrogen) atoms. The number of nitrogens with one attached hydrogen (secondary N) is 1. The van der Waals surface area contributed by atoms with Gasteiger partial charge in [-0.15, -0.1) is 0 Å². The number of ether oxygens (including phenoxy) is 2. The Bertz CT molecular complexity index is 620. The van der Waals surface area contributed by atoms with Crippen molar-refractivity contribution in [2.75, 3.05) is 19.5 Å². The number of aryl methyl sites for hydroxylation is 1. The number of carbonyl (C=O) groups is 1. The van der Waals surface area contributed by atoms with Gasteiger partial charge in [0.1, 0.15) is 5.75 Å². The maximum Gasteiger partial charge on any atom is 0.337 e. The SMILES string of the molecule is COC(=O)c1ccc(CNc2ccc(C)cc2OC)cc1. The molecule has 110 valence electrons. The van der Waals surface area contributed by atoms with E-state index in [-0.39, 0.29) is 5.97 Å². The van der Waals surface area contributed by atoms with Crippen molar-refractivity contribution in [3.8, 4) is 5.75 Å². The van der Waals surface area contributed by atoms with E-state index in [1.165, 1.54) is 7.11 Å². The van der Waals surface area contributed by atoms with Crippen molar-refractivity contribution in [1.29, 1.82) is 0 Å². The summed E-state index contributed by atoms with van der Waals surface area (Å²) in [5, 5.41) is 3.33. The number of rotatable bonds is 5. The average molecular weight is 285 g/mol. The highest BCUT2D eigenvalue weighted by molar-refractivity contribution is 5.89. The van der Waals surface area contributed by atoms with Crippen LogP contribution in [-0.4, -0.2) is 20.2 Å². The molecule has 2 aromatic rings. The van der Waals surface area contributed by atoms with Crippen LogP contribution in [0.1, 0.15) is 21.5 Å². The largest absolute Gasteiger partial charge is 0.495 e. The second-order valence-electron chi connectivity index (χ2n) is 4.75. The minimum absolute atomic E-state index is 0.324. The van der Waals surface area contributed by atoms with Gasteiger partial charge in [-0.1, -0.05) is 18.2 Å². The molecule has 4 nitrogen and oxygen atoms in total. The van der Waals surface area contributed by atoms with Crippen LogP contribution in [0.3, 0.4) is 0 Å². The van der Waals surface area contributed by atoms with Crippen LogP contribution in [0.5, 0.6) is 5.75 Å². The van der Waals surface area contributed by atoms with E-state index >= 15 is 0 Å². The molecule has 0 amide bonds. The summed E-state index contributed by atoms with van der Waals surface area (Å²) in [5.41, 5.74) is 3.72. The Hall–Kier alpha value is -2.49. The van der Waals surface area contributed by atoms with Gasteiger partial charge in [-0.2, -0.15) is 0 Å². The van der Waals surface area contributed by atoms with E-state index in [4.69, 9.17) is 4.74 Å². The van der Waals surface area contributed by atoms with Crippen LogP contribution in [0, 0.1) is 6.92 Å². The fraction of sp³-hybridized carbons (Fsp3) is 0.235. The van der Waals surface area contributed by atoms with Gasteiger partial charge in [-0.25, -0.2) is 4.79 Å². The Balaban J connectivity index is 2.05. The van der Waals surface area contributed by atoms with Crippen LogP contribution in [-0.2, 0) is 11.3 Å².